The smallest absolute Gasteiger partial charge is 0.238 e. The number of nitrogens with zero attached hydrogens (tertiary/aromatic N) is 3. The van der Waals surface area contributed by atoms with Crippen molar-refractivity contribution in [2.75, 3.05) is 18.5 Å². The summed E-state index contributed by atoms with van der Waals surface area (Å²) >= 11 is 0. The zero-order valence-corrected chi connectivity index (χ0v) is 12.8. The monoisotopic (exact) mass is 327 g/mol. The maximum absolute atomic E-state index is 10.0. The highest BCUT2D eigenvalue weighted by atomic mass is 16.5. The molecule has 8 heteroatoms. The highest BCUT2D eigenvalue weighted by Gasteiger charge is 2.24. The van der Waals surface area contributed by atoms with Crippen LogP contribution < -0.4 is 15.9 Å². The van der Waals surface area contributed by atoms with Gasteiger partial charge in [-0.2, -0.15) is 4.98 Å². The fourth-order valence-corrected chi connectivity index (χ4v) is 2.75. The molecule has 0 aliphatic carbocycles. The van der Waals surface area contributed by atoms with E-state index in [1.807, 2.05) is 18.2 Å². The summed E-state index contributed by atoms with van der Waals surface area (Å²) in [5.74, 6) is 0.278. The van der Waals surface area contributed by atoms with Gasteiger partial charge in [-0.1, -0.05) is 6.07 Å². The van der Waals surface area contributed by atoms with Gasteiger partial charge in [0, 0.05) is 6.61 Å². The first kappa shape index (κ1) is 14.9. The molecule has 4 rings (SSSR count). The second-order valence-electron chi connectivity index (χ2n) is 5.77. The van der Waals surface area contributed by atoms with Crippen LogP contribution in [0.1, 0.15) is 12.1 Å². The molecule has 0 unspecified atom stereocenters. The molecule has 1 fully saturated rings. The minimum atomic E-state index is -0.503. The Labute approximate surface area is 137 Å². The third kappa shape index (κ3) is 2.89. The Balaban J connectivity index is 1.58. The number of hydrogen-bond donors (Lipinski definition) is 4. The molecule has 1 saturated heterocycles. The van der Waals surface area contributed by atoms with E-state index in [9.17, 15) is 10.2 Å². The third-order valence-corrected chi connectivity index (χ3v) is 4.06. The second kappa shape index (κ2) is 6.06. The molecule has 0 saturated carbocycles. The number of H-pyrrole nitrogens is 1. The highest BCUT2D eigenvalue weighted by molar-refractivity contribution is 5.67. The number of imidazole rings is 1. The van der Waals surface area contributed by atoms with Crippen molar-refractivity contribution in [3.05, 3.63) is 34.5 Å². The number of fused-ring (bicyclic) bond motifs is 1. The molecule has 24 heavy (non-hydrogen) atoms. The summed E-state index contributed by atoms with van der Waals surface area (Å²) in [6.07, 6.45) is 3.36. The molecular weight excluding hydrogens is 310 g/mol. The van der Waals surface area contributed by atoms with Crippen molar-refractivity contribution in [3.8, 4) is 5.88 Å². The van der Waals surface area contributed by atoms with Crippen LogP contribution in [0, 0.1) is 0 Å². The maximum Gasteiger partial charge on any atom is 0.238 e. The van der Waals surface area contributed by atoms with Crippen LogP contribution in [0.15, 0.2) is 28.2 Å². The van der Waals surface area contributed by atoms with Gasteiger partial charge in [0.05, 0.1) is 29.8 Å². The number of nitrogens with one attached hydrogen (secondary N) is 2. The molecule has 1 aromatic carbocycles. The van der Waals surface area contributed by atoms with E-state index in [0.29, 0.717) is 31.3 Å². The minimum absolute atomic E-state index is 0.114. The van der Waals surface area contributed by atoms with Crippen LogP contribution in [-0.4, -0.2) is 51.9 Å². The zero-order valence-electron chi connectivity index (χ0n) is 12.8. The van der Waals surface area contributed by atoms with Crippen LogP contribution in [0.2, 0.25) is 0 Å². The first-order chi connectivity index (χ1) is 11.7. The molecule has 0 amide bonds. The van der Waals surface area contributed by atoms with Crippen LogP contribution in [0.5, 0.6) is 5.88 Å². The van der Waals surface area contributed by atoms with Gasteiger partial charge >= 0.3 is 0 Å². The van der Waals surface area contributed by atoms with E-state index >= 15 is 0 Å². The van der Waals surface area contributed by atoms with Gasteiger partial charge < -0.3 is 25.3 Å². The second-order valence-corrected chi connectivity index (χ2v) is 5.77. The van der Waals surface area contributed by atoms with Crippen molar-refractivity contribution in [3.63, 3.8) is 0 Å². The number of aliphatic hydroxyl groups excluding tert-OH is 1. The lowest BCUT2D eigenvalue weighted by molar-refractivity contribution is 0.00294. The van der Waals surface area contributed by atoms with E-state index in [1.54, 1.807) is 6.08 Å². The SMILES string of the molecule is Oc1nc(N[C@H]2COCC[C@@H]2O)[nH]c1/C=c1\ccc2c(c1)N=CN=2. The van der Waals surface area contributed by atoms with Crippen molar-refractivity contribution in [2.45, 2.75) is 18.6 Å². The Kier molecular flexibility index (Phi) is 3.75. The summed E-state index contributed by atoms with van der Waals surface area (Å²) in [6.45, 7) is 0.947. The molecule has 2 aliphatic rings. The third-order valence-electron chi connectivity index (χ3n) is 4.06. The average molecular weight is 327 g/mol. The predicted molar refractivity (Wildman–Crippen MR) is 88.0 cm³/mol. The standard InChI is InChI=1S/C16H17N5O3/c22-14-3-4-24-7-13(14)20-16-19-12(15(23)21-16)6-9-1-2-10-11(5-9)18-8-17-10/h1-2,5-6,8,13-14,22-23H,3-4,7H2,(H2,19,20,21)/b9-6+/t13-,14-/m0/s1. The molecule has 2 aromatic rings. The fourth-order valence-electron chi connectivity index (χ4n) is 2.75. The van der Waals surface area contributed by atoms with Crippen molar-refractivity contribution >= 4 is 24.1 Å². The zero-order chi connectivity index (χ0) is 16.5. The van der Waals surface area contributed by atoms with Crippen LogP contribution in [0.4, 0.5) is 11.6 Å². The topological polar surface area (TPSA) is 115 Å². The molecule has 2 aliphatic heterocycles. The maximum atomic E-state index is 10.0. The number of aliphatic imine (C=N–C) groups is 1. The number of rotatable bonds is 3. The molecule has 124 valence electrons. The Morgan fingerprint density at radius 2 is 2.29 bits per heavy atom. The largest absolute Gasteiger partial charge is 0.492 e. The lowest BCUT2D eigenvalue weighted by Crippen LogP contribution is -2.42. The van der Waals surface area contributed by atoms with E-state index < -0.39 is 6.10 Å². The summed E-state index contributed by atoms with van der Waals surface area (Å²) in [6, 6.07) is 5.39. The first-order valence-corrected chi connectivity index (χ1v) is 7.72. The first-order valence-electron chi connectivity index (χ1n) is 7.72. The number of aromatic nitrogens is 2. The summed E-state index contributed by atoms with van der Waals surface area (Å²) in [7, 11) is 0. The van der Waals surface area contributed by atoms with Crippen molar-refractivity contribution in [2.24, 2.45) is 9.98 Å². The fraction of sp³-hybridized carbons (Fsp3) is 0.312. The number of anilines is 1. The summed E-state index contributed by atoms with van der Waals surface area (Å²) in [4.78, 5) is 15.3. The number of aliphatic hydroxyl groups is 1. The summed E-state index contributed by atoms with van der Waals surface area (Å²) < 4.78 is 5.34. The quantitative estimate of drug-likeness (QED) is 0.623. The molecule has 3 heterocycles. The molecule has 0 spiro atoms. The molecular formula is C16H17N5O3. The van der Waals surface area contributed by atoms with Gasteiger partial charge in [0.15, 0.2) is 0 Å². The minimum Gasteiger partial charge on any atom is -0.492 e. The number of aromatic hydroxyl groups is 1. The van der Waals surface area contributed by atoms with Crippen LogP contribution in [-0.2, 0) is 4.74 Å². The molecule has 1 aromatic heterocycles. The van der Waals surface area contributed by atoms with Gasteiger partial charge in [0.2, 0.25) is 11.8 Å². The van der Waals surface area contributed by atoms with Gasteiger partial charge in [-0.3, -0.25) is 0 Å². The normalized spacial score (nSPS) is 23.1. The van der Waals surface area contributed by atoms with E-state index in [1.165, 1.54) is 6.34 Å². The van der Waals surface area contributed by atoms with Gasteiger partial charge in [-0.25, -0.2) is 9.98 Å². The Bertz CT molecular complexity index is 905. The van der Waals surface area contributed by atoms with Crippen molar-refractivity contribution in [1.29, 1.82) is 0 Å². The number of ether oxygens (including phenoxy) is 1. The molecule has 4 N–H and O–H groups in total. The van der Waals surface area contributed by atoms with E-state index in [2.05, 4.69) is 25.3 Å². The van der Waals surface area contributed by atoms with Crippen LogP contribution >= 0.6 is 0 Å². The number of aromatic amines is 1. The average Bonchev–Trinajstić information content (AvgIpc) is 3.16. The van der Waals surface area contributed by atoms with E-state index in [-0.39, 0.29) is 11.9 Å². The Morgan fingerprint density at radius 3 is 3.17 bits per heavy atom. The molecule has 0 radical (unpaired) electrons. The lowest BCUT2D eigenvalue weighted by Gasteiger charge is -2.28. The van der Waals surface area contributed by atoms with E-state index in [4.69, 9.17) is 4.74 Å². The van der Waals surface area contributed by atoms with Crippen LogP contribution in [0.25, 0.3) is 6.08 Å². The molecule has 0 bridgehead atoms. The summed E-state index contributed by atoms with van der Waals surface area (Å²) in [5, 5.41) is 24.7. The predicted octanol–water partition coefficient (Wildman–Crippen LogP) is -0.201. The highest BCUT2D eigenvalue weighted by Crippen LogP contribution is 2.19. The van der Waals surface area contributed by atoms with Gasteiger partial charge in [0.1, 0.15) is 12.0 Å². The lowest BCUT2D eigenvalue weighted by atomic mass is 10.1. The van der Waals surface area contributed by atoms with Crippen LogP contribution in [0.3, 0.4) is 0 Å². The van der Waals surface area contributed by atoms with E-state index in [0.717, 1.165) is 16.3 Å². The van der Waals surface area contributed by atoms with Crippen molar-refractivity contribution in [1.82, 2.24) is 9.97 Å². The molecule has 8 nitrogen and oxygen atoms in total. The Hall–Kier alpha value is -2.71. The van der Waals surface area contributed by atoms with Gasteiger partial charge in [0.25, 0.3) is 0 Å². The van der Waals surface area contributed by atoms with Crippen molar-refractivity contribution < 1.29 is 14.9 Å². The van der Waals surface area contributed by atoms with Gasteiger partial charge in [-0.15, -0.1) is 0 Å². The number of benzene rings is 1. The summed E-state index contributed by atoms with van der Waals surface area (Å²) in [5.41, 5.74) is 1.27. The molecule has 2 atom stereocenters. The Morgan fingerprint density at radius 1 is 1.38 bits per heavy atom. The number of hydrogen-bond acceptors (Lipinski definition) is 7. The van der Waals surface area contributed by atoms with Gasteiger partial charge in [-0.05, 0) is 29.8 Å².